The van der Waals surface area contributed by atoms with Crippen molar-refractivity contribution in [2.24, 2.45) is 4.99 Å². The zero-order chi connectivity index (χ0) is 28.3. The van der Waals surface area contributed by atoms with Crippen LogP contribution in [0.1, 0.15) is 85.8 Å². The lowest BCUT2D eigenvalue weighted by Crippen LogP contribution is -2.50. The molecule has 208 valence electrons. The summed E-state index contributed by atoms with van der Waals surface area (Å²) in [5.41, 5.74) is 3.91. The van der Waals surface area contributed by atoms with Crippen LogP contribution >= 0.6 is 23.2 Å². The van der Waals surface area contributed by atoms with Crippen molar-refractivity contribution in [2.75, 3.05) is 7.11 Å². The van der Waals surface area contributed by atoms with Gasteiger partial charge in [-0.1, -0.05) is 91.9 Å². The molecule has 1 atom stereocenters. The number of nitrogens with zero attached hydrogens (tertiary/aromatic N) is 2. The Kier molecular flexibility index (Phi) is 8.62. The molecular formula is C33H34Cl2N2O3. The quantitative estimate of drug-likeness (QED) is 0.252. The first kappa shape index (κ1) is 28.4. The number of carbonyl (C=O) groups excluding carboxylic acids is 2. The molecule has 1 saturated carbocycles. The number of unbranched alkanes of at least 4 members (excludes halogenated alkanes) is 1. The van der Waals surface area contributed by atoms with Gasteiger partial charge in [0, 0.05) is 21.2 Å². The number of carbonyl (C=O) groups is 2. The fraction of sp³-hybridized carbons (Fsp3) is 0.364. The Hall–Kier alpha value is -3.15. The summed E-state index contributed by atoms with van der Waals surface area (Å²) in [5, 5.41) is 1.16. The van der Waals surface area contributed by atoms with Gasteiger partial charge in [-0.25, -0.2) is 4.79 Å². The third kappa shape index (κ3) is 5.42. The molecule has 2 aliphatic rings. The van der Waals surface area contributed by atoms with Crippen LogP contribution in [0.2, 0.25) is 10.0 Å². The molecule has 0 aromatic heterocycles. The Morgan fingerprint density at radius 1 is 0.950 bits per heavy atom. The average molecular weight is 578 g/mol. The minimum atomic E-state index is -0.561. The monoisotopic (exact) mass is 576 g/mol. The van der Waals surface area contributed by atoms with Crippen LogP contribution in [0.15, 0.2) is 71.7 Å². The van der Waals surface area contributed by atoms with E-state index in [2.05, 4.69) is 11.8 Å². The van der Waals surface area contributed by atoms with Crippen molar-refractivity contribution in [2.45, 2.75) is 70.0 Å². The minimum absolute atomic E-state index is 0.0384. The molecule has 0 bridgehead atoms. The Balaban J connectivity index is 1.52. The number of hydrogen-bond acceptors (Lipinski definition) is 4. The molecule has 1 heterocycles. The summed E-state index contributed by atoms with van der Waals surface area (Å²) in [6.07, 6.45) is 7.73. The molecule has 0 radical (unpaired) electrons. The lowest BCUT2D eigenvalue weighted by atomic mass is 9.86. The topological polar surface area (TPSA) is 59.0 Å². The summed E-state index contributed by atoms with van der Waals surface area (Å²) in [6.45, 7) is 2.16. The summed E-state index contributed by atoms with van der Waals surface area (Å²) in [4.78, 5) is 33.7. The van der Waals surface area contributed by atoms with Gasteiger partial charge in [-0.3, -0.25) is 9.79 Å². The van der Waals surface area contributed by atoms with Crippen molar-refractivity contribution < 1.29 is 14.3 Å². The molecule has 5 rings (SSSR count). The smallest absolute Gasteiger partial charge is 0.337 e. The van der Waals surface area contributed by atoms with Gasteiger partial charge in [-0.2, -0.15) is 0 Å². The van der Waals surface area contributed by atoms with E-state index in [9.17, 15) is 9.59 Å². The van der Waals surface area contributed by atoms with Crippen molar-refractivity contribution in [3.63, 3.8) is 0 Å². The maximum Gasteiger partial charge on any atom is 0.337 e. The SMILES string of the molecule is CCCCC(c1ccc(C(=O)OC)cc1)N1C(=O)C(c2ccc(-c3c(Cl)cccc3Cl)cc2)=NC12CCCCC2. The summed E-state index contributed by atoms with van der Waals surface area (Å²) < 4.78 is 4.88. The van der Waals surface area contributed by atoms with Crippen LogP contribution in [0.5, 0.6) is 0 Å². The van der Waals surface area contributed by atoms with E-state index < -0.39 is 5.66 Å². The second-order valence-electron chi connectivity index (χ2n) is 10.6. The van der Waals surface area contributed by atoms with E-state index in [1.807, 2.05) is 54.6 Å². The molecule has 1 unspecified atom stereocenters. The Morgan fingerprint density at radius 3 is 2.17 bits per heavy atom. The van der Waals surface area contributed by atoms with Gasteiger partial charge in [0.2, 0.25) is 0 Å². The number of benzene rings is 3. The maximum atomic E-state index is 14.3. The number of esters is 1. The fourth-order valence-corrected chi connectivity index (χ4v) is 6.69. The molecule has 7 heteroatoms. The fourth-order valence-electron chi connectivity index (χ4n) is 6.07. The van der Waals surface area contributed by atoms with Crippen LogP contribution in [0, 0.1) is 0 Å². The number of ether oxygens (including phenoxy) is 1. The summed E-state index contributed by atoms with van der Waals surface area (Å²) in [7, 11) is 1.38. The highest BCUT2D eigenvalue weighted by molar-refractivity contribution is 6.47. The predicted molar refractivity (Wildman–Crippen MR) is 161 cm³/mol. The van der Waals surface area contributed by atoms with Crippen LogP contribution in [0.25, 0.3) is 11.1 Å². The maximum absolute atomic E-state index is 14.3. The first-order chi connectivity index (χ1) is 19.4. The molecule has 0 N–H and O–H groups in total. The van der Waals surface area contributed by atoms with E-state index in [0.717, 1.165) is 73.6 Å². The zero-order valence-electron chi connectivity index (χ0n) is 23.0. The normalized spacial score (nSPS) is 17.1. The highest BCUT2D eigenvalue weighted by atomic mass is 35.5. The molecule has 1 aliphatic heterocycles. The first-order valence-corrected chi connectivity index (χ1v) is 14.8. The molecule has 1 fully saturated rings. The van der Waals surface area contributed by atoms with Crippen molar-refractivity contribution >= 4 is 40.8 Å². The van der Waals surface area contributed by atoms with Crippen molar-refractivity contribution in [1.29, 1.82) is 0 Å². The molecule has 1 spiro atoms. The van der Waals surface area contributed by atoms with E-state index in [4.69, 9.17) is 32.9 Å². The lowest BCUT2D eigenvalue weighted by Gasteiger charge is -2.44. The number of amides is 1. The zero-order valence-corrected chi connectivity index (χ0v) is 24.5. The number of hydrogen-bond donors (Lipinski definition) is 0. The van der Waals surface area contributed by atoms with Gasteiger partial charge in [0.1, 0.15) is 11.4 Å². The van der Waals surface area contributed by atoms with Gasteiger partial charge >= 0.3 is 5.97 Å². The Labute approximate surface area is 246 Å². The van der Waals surface area contributed by atoms with Gasteiger partial charge in [0.05, 0.1) is 18.7 Å². The van der Waals surface area contributed by atoms with Crippen LogP contribution in [0.4, 0.5) is 0 Å². The second-order valence-corrected chi connectivity index (χ2v) is 11.4. The summed E-state index contributed by atoms with van der Waals surface area (Å²) in [6, 6.07) is 20.6. The van der Waals surface area contributed by atoms with Crippen molar-refractivity contribution in [1.82, 2.24) is 4.90 Å². The van der Waals surface area contributed by atoms with E-state index in [1.54, 1.807) is 12.1 Å². The Morgan fingerprint density at radius 2 is 1.57 bits per heavy atom. The molecule has 1 aliphatic carbocycles. The van der Waals surface area contributed by atoms with Crippen molar-refractivity contribution in [3.05, 3.63) is 93.5 Å². The van der Waals surface area contributed by atoms with E-state index in [1.165, 1.54) is 7.11 Å². The van der Waals surface area contributed by atoms with Crippen LogP contribution < -0.4 is 0 Å². The number of halogens is 2. The standard InChI is InChI=1S/C33H34Cl2N2O3/c1-3-4-11-28(22-12-18-25(19-13-22)32(39)40-2)37-31(38)30(36-33(37)20-6-5-7-21-33)24-16-14-23(15-17-24)29-26(34)9-8-10-27(29)35/h8-10,12-19,28H,3-7,11,20-21H2,1-2H3. The second kappa shape index (κ2) is 12.2. The lowest BCUT2D eigenvalue weighted by molar-refractivity contribution is -0.132. The van der Waals surface area contributed by atoms with E-state index >= 15 is 0 Å². The molecule has 0 saturated heterocycles. The van der Waals surface area contributed by atoms with Crippen LogP contribution in [0.3, 0.4) is 0 Å². The molecule has 3 aromatic rings. The number of methoxy groups -OCH3 is 1. The predicted octanol–water partition coefficient (Wildman–Crippen LogP) is 8.67. The van der Waals surface area contributed by atoms with Gasteiger partial charge in [-0.05, 0) is 67.5 Å². The molecule has 1 amide bonds. The van der Waals surface area contributed by atoms with Gasteiger partial charge < -0.3 is 9.64 Å². The van der Waals surface area contributed by atoms with Crippen LogP contribution in [-0.4, -0.2) is 35.3 Å². The Bertz CT molecular complexity index is 1390. The van der Waals surface area contributed by atoms with Crippen LogP contribution in [-0.2, 0) is 9.53 Å². The van der Waals surface area contributed by atoms with Gasteiger partial charge in [0.25, 0.3) is 5.91 Å². The summed E-state index contributed by atoms with van der Waals surface area (Å²) in [5.74, 6) is -0.409. The number of rotatable bonds is 8. The third-order valence-electron chi connectivity index (χ3n) is 8.11. The largest absolute Gasteiger partial charge is 0.465 e. The molecular weight excluding hydrogens is 543 g/mol. The number of aliphatic imine (C=N–C) groups is 1. The van der Waals surface area contributed by atoms with Crippen molar-refractivity contribution in [3.8, 4) is 11.1 Å². The van der Waals surface area contributed by atoms with E-state index in [-0.39, 0.29) is 17.9 Å². The molecule has 3 aromatic carbocycles. The first-order valence-electron chi connectivity index (χ1n) is 14.0. The highest BCUT2D eigenvalue weighted by Crippen LogP contribution is 2.46. The van der Waals surface area contributed by atoms with E-state index in [0.29, 0.717) is 21.3 Å². The third-order valence-corrected chi connectivity index (χ3v) is 8.74. The molecule has 5 nitrogen and oxygen atoms in total. The summed E-state index contributed by atoms with van der Waals surface area (Å²) >= 11 is 12.9. The molecule has 40 heavy (non-hydrogen) atoms. The average Bonchev–Trinajstić information content (AvgIpc) is 3.24. The van der Waals surface area contributed by atoms with Gasteiger partial charge in [-0.15, -0.1) is 0 Å². The highest BCUT2D eigenvalue weighted by Gasteiger charge is 2.50. The van der Waals surface area contributed by atoms with Gasteiger partial charge in [0.15, 0.2) is 0 Å². The minimum Gasteiger partial charge on any atom is -0.465 e.